The Morgan fingerprint density at radius 3 is 1.52 bits per heavy atom. The number of ketones is 1. The number of rotatable bonds is 14. The molecule has 0 aromatic carbocycles. The van der Waals surface area contributed by atoms with Gasteiger partial charge >= 0.3 is 0 Å². The van der Waals surface area contributed by atoms with Gasteiger partial charge in [-0.25, -0.2) is 0 Å². The van der Waals surface area contributed by atoms with Gasteiger partial charge in [0.2, 0.25) is 0 Å². The number of quaternary nitrogens is 1. The number of unbranched alkanes of at least 4 members (excludes halogenated alkanes) is 12. The zero-order valence-corrected chi connectivity index (χ0v) is 16.1. The quantitative estimate of drug-likeness (QED) is 0.288. The Labute approximate surface area is 145 Å². The number of carbonyl (C=O) groups is 1. The van der Waals surface area contributed by atoms with Gasteiger partial charge in [0, 0.05) is 0 Å². The number of Topliss-reactive ketones (excluding diaryl/α,β-unsaturated/α-hetero) is 1. The zero-order valence-electron chi connectivity index (χ0n) is 16.1. The molecule has 0 spiro atoms. The summed E-state index contributed by atoms with van der Waals surface area (Å²) in [6.07, 6.45) is 20.1. The molecule has 136 valence electrons. The number of piperidine rings is 1. The summed E-state index contributed by atoms with van der Waals surface area (Å²) in [6, 6.07) is 0. The van der Waals surface area contributed by atoms with Crippen LogP contribution in [0.25, 0.3) is 0 Å². The highest BCUT2D eigenvalue weighted by molar-refractivity contribution is 5.78. The van der Waals surface area contributed by atoms with Crippen LogP contribution in [0.4, 0.5) is 0 Å². The Morgan fingerprint density at radius 2 is 1.09 bits per heavy atom. The summed E-state index contributed by atoms with van der Waals surface area (Å²) in [7, 11) is 2.34. The van der Waals surface area contributed by atoms with Crippen LogP contribution in [0.1, 0.15) is 103 Å². The van der Waals surface area contributed by atoms with Gasteiger partial charge in [0.15, 0.2) is 0 Å². The molecule has 0 saturated carbocycles. The molecule has 1 saturated heterocycles. The maximum absolute atomic E-state index is 11.3. The third-order valence-electron chi connectivity index (χ3n) is 5.66. The molecule has 0 amide bonds. The minimum atomic E-state index is 0.478. The van der Waals surface area contributed by atoms with Gasteiger partial charge in [-0.2, -0.15) is 0 Å². The molecular formula is C21H42NO+. The minimum Gasteiger partial charge on any atom is -0.325 e. The fourth-order valence-corrected chi connectivity index (χ4v) is 3.76. The summed E-state index contributed by atoms with van der Waals surface area (Å²) in [5.74, 6) is 0.478. The van der Waals surface area contributed by atoms with E-state index < -0.39 is 0 Å². The Balaban J connectivity index is 1.80. The van der Waals surface area contributed by atoms with Crippen LogP contribution in [0.15, 0.2) is 0 Å². The van der Waals surface area contributed by atoms with Crippen molar-refractivity contribution >= 4 is 5.78 Å². The third-order valence-corrected chi connectivity index (χ3v) is 5.66. The lowest BCUT2D eigenvalue weighted by atomic mass is 10.0. The van der Waals surface area contributed by atoms with Gasteiger partial charge in [0.1, 0.15) is 5.78 Å². The van der Waals surface area contributed by atoms with Gasteiger partial charge in [-0.15, -0.1) is 0 Å². The summed E-state index contributed by atoms with van der Waals surface area (Å²) < 4.78 is 1.14. The Hall–Kier alpha value is -0.370. The lowest BCUT2D eigenvalue weighted by Crippen LogP contribution is -2.50. The van der Waals surface area contributed by atoms with Gasteiger partial charge in [-0.05, 0) is 12.8 Å². The zero-order chi connectivity index (χ0) is 16.8. The van der Waals surface area contributed by atoms with Crippen LogP contribution in [0.3, 0.4) is 0 Å². The van der Waals surface area contributed by atoms with Gasteiger partial charge in [-0.1, -0.05) is 77.6 Å². The second-order valence-electron chi connectivity index (χ2n) is 8.07. The van der Waals surface area contributed by atoms with E-state index in [0.717, 1.165) is 30.4 Å². The van der Waals surface area contributed by atoms with E-state index >= 15 is 0 Å². The van der Waals surface area contributed by atoms with Crippen molar-refractivity contribution in [3.05, 3.63) is 0 Å². The third kappa shape index (κ3) is 10.9. The van der Waals surface area contributed by atoms with E-state index in [-0.39, 0.29) is 0 Å². The van der Waals surface area contributed by atoms with E-state index in [1.54, 1.807) is 0 Å². The van der Waals surface area contributed by atoms with E-state index in [1.165, 1.54) is 90.0 Å². The molecule has 0 bridgehead atoms. The van der Waals surface area contributed by atoms with Crippen molar-refractivity contribution in [3.8, 4) is 0 Å². The highest BCUT2D eigenvalue weighted by Gasteiger charge is 2.27. The summed E-state index contributed by atoms with van der Waals surface area (Å²) in [4.78, 5) is 11.3. The van der Waals surface area contributed by atoms with E-state index in [4.69, 9.17) is 0 Å². The summed E-state index contributed by atoms with van der Waals surface area (Å²) in [5.41, 5.74) is 0. The number of carbonyl (C=O) groups excluding carboxylic acids is 1. The normalized spacial score (nSPS) is 17.6. The van der Waals surface area contributed by atoms with E-state index in [2.05, 4.69) is 14.0 Å². The molecular weight excluding hydrogens is 282 g/mol. The SMILES string of the molecule is CCCCCCCCCCCCCCC[N+]1(C)CCC(=O)CC1. The smallest absolute Gasteiger partial charge is 0.144 e. The maximum Gasteiger partial charge on any atom is 0.144 e. The van der Waals surface area contributed by atoms with Crippen molar-refractivity contribution < 1.29 is 9.28 Å². The van der Waals surface area contributed by atoms with Crippen LogP contribution in [0.5, 0.6) is 0 Å². The number of hydrogen-bond acceptors (Lipinski definition) is 1. The van der Waals surface area contributed by atoms with E-state index in [0.29, 0.717) is 5.78 Å². The van der Waals surface area contributed by atoms with Crippen LogP contribution < -0.4 is 0 Å². The molecule has 1 aliphatic rings. The van der Waals surface area contributed by atoms with Crippen molar-refractivity contribution in [2.75, 3.05) is 26.7 Å². The van der Waals surface area contributed by atoms with Crippen molar-refractivity contribution in [3.63, 3.8) is 0 Å². The standard InChI is InChI=1S/C21H42NO/c1-3-4-5-6-7-8-9-10-11-12-13-14-15-18-22(2)19-16-21(23)17-20-22/h3-20H2,1-2H3/q+1. The topological polar surface area (TPSA) is 17.1 Å². The molecule has 23 heavy (non-hydrogen) atoms. The van der Waals surface area contributed by atoms with Crippen LogP contribution >= 0.6 is 0 Å². The maximum atomic E-state index is 11.3. The first kappa shape index (κ1) is 20.7. The Bertz CT molecular complexity index is 290. The van der Waals surface area contributed by atoms with Gasteiger partial charge in [-0.3, -0.25) is 4.79 Å². The van der Waals surface area contributed by atoms with Crippen LogP contribution in [0, 0.1) is 0 Å². The fourth-order valence-electron chi connectivity index (χ4n) is 3.76. The Morgan fingerprint density at radius 1 is 0.696 bits per heavy atom. The predicted octanol–water partition coefficient (Wildman–Crippen LogP) is 5.89. The first-order chi connectivity index (χ1) is 11.2. The largest absolute Gasteiger partial charge is 0.325 e. The molecule has 1 rings (SSSR count). The van der Waals surface area contributed by atoms with E-state index in [9.17, 15) is 4.79 Å². The van der Waals surface area contributed by atoms with Crippen LogP contribution in [-0.2, 0) is 4.79 Å². The molecule has 0 aromatic heterocycles. The van der Waals surface area contributed by atoms with E-state index in [1.807, 2.05) is 0 Å². The van der Waals surface area contributed by atoms with Crippen LogP contribution in [-0.4, -0.2) is 36.9 Å². The molecule has 1 fully saturated rings. The molecule has 2 nitrogen and oxygen atoms in total. The molecule has 0 N–H and O–H groups in total. The lowest BCUT2D eigenvalue weighted by Gasteiger charge is -2.37. The molecule has 1 heterocycles. The first-order valence-electron chi connectivity index (χ1n) is 10.5. The molecule has 0 atom stereocenters. The van der Waals surface area contributed by atoms with Crippen molar-refractivity contribution in [1.82, 2.24) is 0 Å². The van der Waals surface area contributed by atoms with Gasteiger partial charge in [0.05, 0.1) is 39.5 Å². The molecule has 0 aromatic rings. The highest BCUT2D eigenvalue weighted by atomic mass is 16.1. The number of likely N-dealkylation sites (tertiary alicyclic amines) is 1. The first-order valence-corrected chi connectivity index (χ1v) is 10.5. The van der Waals surface area contributed by atoms with Crippen molar-refractivity contribution in [2.45, 2.75) is 103 Å². The molecule has 0 aliphatic carbocycles. The van der Waals surface area contributed by atoms with Gasteiger partial charge < -0.3 is 4.48 Å². The average molecular weight is 325 g/mol. The summed E-state index contributed by atoms with van der Waals surface area (Å²) in [5, 5.41) is 0. The number of nitrogens with zero attached hydrogens (tertiary/aromatic N) is 1. The van der Waals surface area contributed by atoms with Crippen LogP contribution in [0.2, 0.25) is 0 Å². The average Bonchev–Trinajstić information content (AvgIpc) is 2.55. The molecule has 2 heteroatoms. The molecule has 0 radical (unpaired) electrons. The lowest BCUT2D eigenvalue weighted by molar-refractivity contribution is -0.911. The monoisotopic (exact) mass is 324 g/mol. The second kappa shape index (κ2) is 13.0. The summed E-state index contributed by atoms with van der Waals surface area (Å²) >= 11 is 0. The second-order valence-corrected chi connectivity index (χ2v) is 8.07. The molecule has 0 unspecified atom stereocenters. The van der Waals surface area contributed by atoms with Gasteiger partial charge in [0.25, 0.3) is 0 Å². The Kier molecular flexibility index (Phi) is 11.7. The summed E-state index contributed by atoms with van der Waals surface area (Å²) in [6.45, 7) is 5.73. The predicted molar refractivity (Wildman–Crippen MR) is 101 cm³/mol. The minimum absolute atomic E-state index is 0.478. The fraction of sp³-hybridized carbons (Fsp3) is 0.952. The highest BCUT2D eigenvalue weighted by Crippen LogP contribution is 2.17. The number of hydrogen-bond donors (Lipinski definition) is 0. The van der Waals surface area contributed by atoms with Crippen molar-refractivity contribution in [1.29, 1.82) is 0 Å². The molecule has 1 aliphatic heterocycles. The van der Waals surface area contributed by atoms with Crippen molar-refractivity contribution in [2.24, 2.45) is 0 Å².